The average Bonchev–Trinajstić information content (AvgIpc) is 3.41. The van der Waals surface area contributed by atoms with Gasteiger partial charge in [-0.1, -0.05) is 73.7 Å². The van der Waals surface area contributed by atoms with Gasteiger partial charge in [0.2, 0.25) is 22.9 Å². The van der Waals surface area contributed by atoms with Gasteiger partial charge in [0.05, 0.1) is 12.8 Å². The minimum absolute atomic E-state index is 0.0177. The number of nitrogens with two attached hydrogens (primary N) is 2. The van der Waals surface area contributed by atoms with E-state index in [9.17, 15) is 14.4 Å². The summed E-state index contributed by atoms with van der Waals surface area (Å²) < 4.78 is 0. The van der Waals surface area contributed by atoms with E-state index in [1.54, 1.807) is 12.2 Å². The van der Waals surface area contributed by atoms with E-state index in [1.807, 2.05) is 63.3 Å². The van der Waals surface area contributed by atoms with Crippen LogP contribution in [0.4, 0.5) is 5.13 Å². The summed E-state index contributed by atoms with van der Waals surface area (Å²) in [4.78, 5) is 36.9. The lowest BCUT2D eigenvalue weighted by Crippen LogP contribution is -2.38. The zero-order valence-electron chi connectivity index (χ0n) is 25.8. The standard InChI is InChI=1S/C33H45N7O3S/c1-22(2)18-29(41)36-23(3)26-13-9-12-25(19-26)21-30(42)37-28(35)17-16-27(34)14-7-8-15-32-39-40-33(44-32)38-31(43)20-24-10-5-4-6-11-24/h4-6,9-12,16-17,19,22-23,26H,7-8,13-15,18,20-21,34-35H2,1-3H3,(H,36,41)(H,37,42)(H,38,40,43)/b27-16-,28-17+. The smallest absolute Gasteiger partial charge is 0.230 e. The highest BCUT2D eigenvalue weighted by molar-refractivity contribution is 7.15. The van der Waals surface area contributed by atoms with Crippen LogP contribution >= 0.6 is 11.3 Å². The summed E-state index contributed by atoms with van der Waals surface area (Å²) in [7, 11) is 0. The Bertz CT molecular complexity index is 1380. The first-order chi connectivity index (χ1) is 21.1. The van der Waals surface area contributed by atoms with Crippen molar-refractivity contribution >= 4 is 34.2 Å². The van der Waals surface area contributed by atoms with Crippen molar-refractivity contribution in [3.8, 4) is 0 Å². The molecule has 1 heterocycles. The Labute approximate surface area is 264 Å². The molecule has 1 aromatic heterocycles. The number of unbranched alkanes of at least 4 members (excludes halogenated alkanes) is 1. The largest absolute Gasteiger partial charge is 0.402 e. The number of aryl methyl sites for hydroxylation is 1. The van der Waals surface area contributed by atoms with E-state index in [-0.39, 0.29) is 41.9 Å². The van der Waals surface area contributed by atoms with Gasteiger partial charge in [0, 0.05) is 30.5 Å². The first kappa shape index (κ1) is 34.2. The van der Waals surface area contributed by atoms with Crippen LogP contribution in [0.2, 0.25) is 0 Å². The Balaban J connectivity index is 1.35. The number of hydrogen-bond donors (Lipinski definition) is 5. The van der Waals surface area contributed by atoms with Crippen LogP contribution in [0, 0.1) is 11.8 Å². The topological polar surface area (TPSA) is 165 Å². The molecule has 236 valence electrons. The second-order valence-electron chi connectivity index (χ2n) is 11.5. The fourth-order valence-electron chi connectivity index (χ4n) is 4.70. The van der Waals surface area contributed by atoms with Gasteiger partial charge in [0.1, 0.15) is 10.8 Å². The van der Waals surface area contributed by atoms with Gasteiger partial charge in [-0.05, 0) is 61.8 Å². The molecule has 2 unspecified atom stereocenters. The molecule has 44 heavy (non-hydrogen) atoms. The monoisotopic (exact) mass is 619 g/mol. The molecule has 11 heteroatoms. The summed E-state index contributed by atoms with van der Waals surface area (Å²) >= 11 is 1.38. The Morgan fingerprint density at radius 1 is 1.00 bits per heavy atom. The summed E-state index contributed by atoms with van der Waals surface area (Å²) in [5.41, 5.74) is 14.6. The van der Waals surface area contributed by atoms with Crippen molar-refractivity contribution in [3.05, 3.63) is 88.4 Å². The first-order valence-corrected chi connectivity index (χ1v) is 15.9. The molecule has 10 nitrogen and oxygen atoms in total. The molecule has 0 saturated carbocycles. The van der Waals surface area contributed by atoms with Crippen molar-refractivity contribution in [2.45, 2.75) is 78.2 Å². The molecule has 3 amide bonds. The predicted octanol–water partition coefficient (Wildman–Crippen LogP) is 4.63. The third kappa shape index (κ3) is 12.9. The van der Waals surface area contributed by atoms with Crippen LogP contribution in [0.15, 0.2) is 77.8 Å². The van der Waals surface area contributed by atoms with E-state index >= 15 is 0 Å². The van der Waals surface area contributed by atoms with Crippen molar-refractivity contribution in [2.75, 3.05) is 5.32 Å². The molecule has 7 N–H and O–H groups in total. The molecule has 0 spiro atoms. The maximum Gasteiger partial charge on any atom is 0.230 e. The minimum Gasteiger partial charge on any atom is -0.402 e. The molecule has 1 aliphatic carbocycles. The zero-order chi connectivity index (χ0) is 31.9. The summed E-state index contributed by atoms with van der Waals surface area (Å²) in [6.07, 6.45) is 14.3. The number of rotatable bonds is 16. The minimum atomic E-state index is -0.216. The second-order valence-corrected chi connectivity index (χ2v) is 12.6. The number of nitrogens with zero attached hydrogens (tertiary/aromatic N) is 2. The number of carbonyl (C=O) groups excluding carboxylic acids is 3. The SMILES string of the molecule is CC(C)CC(=O)NC(C)C1C=C(CC(=O)N/C(N)=C/C=C(\N)CCCCc2nnc(NC(=O)Cc3ccccc3)s2)C=CC1. The summed E-state index contributed by atoms with van der Waals surface area (Å²) in [5.74, 6) is 0.375. The molecular formula is C33H45N7O3S. The van der Waals surface area contributed by atoms with E-state index < -0.39 is 0 Å². The summed E-state index contributed by atoms with van der Waals surface area (Å²) in [6.45, 7) is 6.04. The number of aromatic nitrogens is 2. The highest BCUT2D eigenvalue weighted by Gasteiger charge is 2.20. The lowest BCUT2D eigenvalue weighted by Gasteiger charge is -2.24. The van der Waals surface area contributed by atoms with Crippen LogP contribution in [0.3, 0.4) is 0 Å². The number of benzene rings is 1. The van der Waals surface area contributed by atoms with E-state index in [2.05, 4.69) is 32.2 Å². The quantitative estimate of drug-likeness (QED) is 0.135. The van der Waals surface area contributed by atoms with Gasteiger partial charge in [0.15, 0.2) is 0 Å². The van der Waals surface area contributed by atoms with Crippen LogP contribution < -0.4 is 27.4 Å². The molecule has 1 aliphatic rings. The van der Waals surface area contributed by atoms with Gasteiger partial charge in [-0.25, -0.2) is 0 Å². The van der Waals surface area contributed by atoms with E-state index in [0.29, 0.717) is 36.0 Å². The molecule has 0 radical (unpaired) electrons. The van der Waals surface area contributed by atoms with Crippen molar-refractivity contribution in [2.24, 2.45) is 23.3 Å². The molecule has 0 aliphatic heterocycles. The van der Waals surface area contributed by atoms with Gasteiger partial charge in [0.25, 0.3) is 0 Å². The van der Waals surface area contributed by atoms with E-state index in [4.69, 9.17) is 11.5 Å². The van der Waals surface area contributed by atoms with E-state index in [1.165, 1.54) is 11.3 Å². The number of nitrogens with one attached hydrogen (secondary N) is 3. The van der Waals surface area contributed by atoms with Gasteiger partial charge < -0.3 is 27.4 Å². The predicted molar refractivity (Wildman–Crippen MR) is 176 cm³/mol. The molecule has 2 atom stereocenters. The number of anilines is 1. The van der Waals surface area contributed by atoms with Crippen LogP contribution in [0.25, 0.3) is 0 Å². The lowest BCUT2D eigenvalue weighted by atomic mass is 9.89. The fourth-order valence-corrected chi connectivity index (χ4v) is 5.50. The highest BCUT2D eigenvalue weighted by Crippen LogP contribution is 2.22. The second kappa shape index (κ2) is 17.8. The Kier molecular flexibility index (Phi) is 13.8. The number of amides is 3. The fraction of sp³-hybridized carbons (Fsp3) is 0.424. The Morgan fingerprint density at radius 2 is 1.77 bits per heavy atom. The van der Waals surface area contributed by atoms with Crippen molar-refractivity contribution in [1.82, 2.24) is 20.8 Å². The average molecular weight is 620 g/mol. The Morgan fingerprint density at radius 3 is 2.52 bits per heavy atom. The van der Waals surface area contributed by atoms with Crippen LogP contribution in [-0.4, -0.2) is 34.0 Å². The van der Waals surface area contributed by atoms with Gasteiger partial charge in [-0.15, -0.1) is 10.2 Å². The highest BCUT2D eigenvalue weighted by atomic mass is 32.1. The molecule has 2 aromatic rings. The third-order valence-electron chi connectivity index (χ3n) is 6.95. The summed E-state index contributed by atoms with van der Waals surface area (Å²) in [5, 5.41) is 18.2. The van der Waals surface area contributed by atoms with Crippen LogP contribution in [0.1, 0.15) is 69.9 Å². The zero-order valence-corrected chi connectivity index (χ0v) is 26.7. The Hall–Kier alpha value is -4.25. The summed E-state index contributed by atoms with van der Waals surface area (Å²) in [6, 6.07) is 9.53. The number of hydrogen-bond acceptors (Lipinski definition) is 8. The van der Waals surface area contributed by atoms with Crippen molar-refractivity contribution < 1.29 is 14.4 Å². The maximum atomic E-state index is 12.6. The third-order valence-corrected chi connectivity index (χ3v) is 7.84. The van der Waals surface area contributed by atoms with Crippen molar-refractivity contribution in [3.63, 3.8) is 0 Å². The molecule has 3 rings (SSSR count). The molecule has 0 fully saturated rings. The van der Waals surface area contributed by atoms with Gasteiger partial charge >= 0.3 is 0 Å². The van der Waals surface area contributed by atoms with Crippen LogP contribution in [0.5, 0.6) is 0 Å². The number of carbonyl (C=O) groups is 3. The molecule has 1 aromatic carbocycles. The normalized spacial score (nSPS) is 15.9. The lowest BCUT2D eigenvalue weighted by molar-refractivity contribution is -0.123. The van der Waals surface area contributed by atoms with Gasteiger partial charge in [-0.3, -0.25) is 14.4 Å². The van der Waals surface area contributed by atoms with E-state index in [0.717, 1.165) is 41.8 Å². The van der Waals surface area contributed by atoms with Crippen molar-refractivity contribution in [1.29, 1.82) is 0 Å². The molecule has 0 saturated heterocycles. The molecular weight excluding hydrogens is 574 g/mol. The number of allylic oxidation sites excluding steroid dienone is 5. The van der Waals surface area contributed by atoms with Gasteiger partial charge in [-0.2, -0.15) is 0 Å². The maximum absolute atomic E-state index is 12.6. The first-order valence-electron chi connectivity index (χ1n) is 15.1. The molecule has 0 bridgehead atoms. The van der Waals surface area contributed by atoms with Crippen LogP contribution in [-0.2, 0) is 27.2 Å².